The van der Waals surface area contributed by atoms with Gasteiger partial charge in [0.25, 0.3) is 5.91 Å². The molecule has 1 aliphatic heterocycles. The molecule has 1 aromatic carbocycles. The number of aromatic amines is 1. The Hall–Kier alpha value is -2.25. The Labute approximate surface area is 134 Å². The van der Waals surface area contributed by atoms with E-state index >= 15 is 0 Å². The molecular weight excluding hydrogens is 296 g/mol. The van der Waals surface area contributed by atoms with Gasteiger partial charge in [0.05, 0.1) is 19.3 Å². The second kappa shape index (κ2) is 6.47. The van der Waals surface area contributed by atoms with Crippen molar-refractivity contribution in [1.82, 2.24) is 20.3 Å². The molecule has 1 atom stereocenters. The van der Waals surface area contributed by atoms with Crippen LogP contribution in [0.4, 0.5) is 0 Å². The fourth-order valence-corrected chi connectivity index (χ4v) is 3.03. The Morgan fingerprint density at radius 1 is 1.48 bits per heavy atom. The highest BCUT2D eigenvalue weighted by molar-refractivity contribution is 5.95. The van der Waals surface area contributed by atoms with Gasteiger partial charge in [-0.3, -0.25) is 4.79 Å². The van der Waals surface area contributed by atoms with Crippen molar-refractivity contribution >= 4 is 5.91 Å². The van der Waals surface area contributed by atoms with Crippen LogP contribution >= 0.6 is 0 Å². The number of ether oxygens (including phenoxy) is 1. The molecule has 7 nitrogen and oxygen atoms in total. The lowest BCUT2D eigenvalue weighted by Crippen LogP contribution is -2.49. The number of hydrogen-bond donors (Lipinski definition) is 2. The first-order valence-electron chi connectivity index (χ1n) is 7.59. The molecule has 0 radical (unpaired) electrons. The number of H-pyrrole nitrogens is 1. The lowest BCUT2D eigenvalue weighted by Gasteiger charge is -2.38. The maximum atomic E-state index is 12.9. The predicted octanol–water partition coefficient (Wildman–Crippen LogP) is 1.07. The van der Waals surface area contributed by atoms with E-state index in [1.165, 1.54) is 6.20 Å². The molecule has 1 saturated heterocycles. The quantitative estimate of drug-likeness (QED) is 0.880. The van der Waals surface area contributed by atoms with Gasteiger partial charge in [-0.2, -0.15) is 15.4 Å². The summed E-state index contributed by atoms with van der Waals surface area (Å²) in [5.41, 5.74) is 0.770. The summed E-state index contributed by atoms with van der Waals surface area (Å²) < 4.78 is 5.16. The summed E-state index contributed by atoms with van der Waals surface area (Å²) in [4.78, 5) is 14.5. The zero-order chi connectivity index (χ0) is 16.3. The molecule has 1 fully saturated rings. The van der Waals surface area contributed by atoms with Crippen molar-refractivity contribution in [2.24, 2.45) is 0 Å². The van der Waals surface area contributed by atoms with E-state index in [1.54, 1.807) is 18.1 Å². The summed E-state index contributed by atoms with van der Waals surface area (Å²) in [5.74, 6) is -0.0979. The van der Waals surface area contributed by atoms with Crippen LogP contribution in [0.25, 0.3) is 0 Å². The van der Waals surface area contributed by atoms with Gasteiger partial charge >= 0.3 is 0 Å². The van der Waals surface area contributed by atoms with Crippen molar-refractivity contribution in [1.29, 1.82) is 0 Å². The molecule has 1 aliphatic rings. The van der Waals surface area contributed by atoms with E-state index in [-0.39, 0.29) is 12.5 Å². The lowest BCUT2D eigenvalue weighted by molar-refractivity contribution is -0.0321. The van der Waals surface area contributed by atoms with Crippen LogP contribution in [0.1, 0.15) is 34.5 Å². The fraction of sp³-hybridized carbons (Fsp3) is 0.438. The molecule has 3 rings (SSSR count). The first-order valence-corrected chi connectivity index (χ1v) is 7.59. The molecule has 0 saturated carbocycles. The Kier molecular flexibility index (Phi) is 4.40. The van der Waals surface area contributed by atoms with Gasteiger partial charge in [-0.15, -0.1) is 0 Å². The second-order valence-electron chi connectivity index (χ2n) is 5.81. The van der Waals surface area contributed by atoms with Crippen molar-refractivity contribution in [2.75, 3.05) is 20.2 Å². The van der Waals surface area contributed by atoms with Crippen LogP contribution in [0.2, 0.25) is 0 Å². The molecule has 1 aromatic heterocycles. The summed E-state index contributed by atoms with van der Waals surface area (Å²) in [6, 6.07) is 7.39. The van der Waals surface area contributed by atoms with Gasteiger partial charge in [-0.05, 0) is 24.5 Å². The van der Waals surface area contributed by atoms with Gasteiger partial charge in [-0.25, -0.2) is 0 Å². The third kappa shape index (κ3) is 3.11. The van der Waals surface area contributed by atoms with Gasteiger partial charge in [0.15, 0.2) is 0 Å². The molecule has 2 aromatic rings. The van der Waals surface area contributed by atoms with Crippen LogP contribution in [-0.2, 0) is 16.9 Å². The van der Waals surface area contributed by atoms with Gasteiger partial charge in [0, 0.05) is 19.2 Å². The van der Waals surface area contributed by atoms with E-state index in [1.807, 2.05) is 18.2 Å². The summed E-state index contributed by atoms with van der Waals surface area (Å²) in [7, 11) is 1.60. The van der Waals surface area contributed by atoms with Gasteiger partial charge < -0.3 is 14.7 Å². The molecule has 0 spiro atoms. The molecule has 2 heterocycles. The van der Waals surface area contributed by atoms with Crippen LogP contribution in [0.15, 0.2) is 30.5 Å². The zero-order valence-electron chi connectivity index (χ0n) is 13.0. The normalized spacial score (nSPS) is 21.4. The molecule has 1 amide bonds. The summed E-state index contributed by atoms with van der Waals surface area (Å²) >= 11 is 0. The topological polar surface area (TPSA) is 91.3 Å². The van der Waals surface area contributed by atoms with Crippen molar-refractivity contribution < 1.29 is 14.6 Å². The SMILES string of the molecule is COCc1ccccc1C(=O)N1CCC[C@](O)(c2cn[nH]n2)C1. The van der Waals surface area contributed by atoms with E-state index in [0.29, 0.717) is 37.3 Å². The number of nitrogens with one attached hydrogen (secondary N) is 1. The third-order valence-corrected chi connectivity index (χ3v) is 4.20. The number of benzene rings is 1. The highest BCUT2D eigenvalue weighted by atomic mass is 16.5. The highest BCUT2D eigenvalue weighted by Crippen LogP contribution is 2.30. The number of piperidine rings is 1. The van der Waals surface area contributed by atoms with Crippen LogP contribution in [0, 0.1) is 0 Å². The number of β-amino-alcohol motifs (C(OH)–C–C–N with tert-alkyl or cyclic N) is 1. The maximum absolute atomic E-state index is 12.9. The summed E-state index contributed by atoms with van der Waals surface area (Å²) in [6.07, 6.45) is 2.78. The van der Waals surface area contributed by atoms with Crippen LogP contribution in [0.5, 0.6) is 0 Å². The molecule has 0 bridgehead atoms. The minimum atomic E-state index is -1.16. The van der Waals surface area contributed by atoms with E-state index in [2.05, 4.69) is 15.4 Å². The molecule has 0 aliphatic carbocycles. The molecular formula is C16H20N4O3. The average Bonchev–Trinajstić information content (AvgIpc) is 3.10. The van der Waals surface area contributed by atoms with E-state index in [9.17, 15) is 9.90 Å². The number of likely N-dealkylation sites (tertiary alicyclic amines) is 1. The second-order valence-corrected chi connectivity index (χ2v) is 5.81. The zero-order valence-corrected chi connectivity index (χ0v) is 13.0. The molecule has 23 heavy (non-hydrogen) atoms. The fourth-order valence-electron chi connectivity index (χ4n) is 3.03. The smallest absolute Gasteiger partial charge is 0.254 e. The third-order valence-electron chi connectivity index (χ3n) is 4.20. The number of aliphatic hydroxyl groups is 1. The first kappa shape index (κ1) is 15.6. The van der Waals surface area contributed by atoms with Crippen molar-refractivity contribution in [2.45, 2.75) is 25.0 Å². The number of amides is 1. The Bertz CT molecular complexity index is 674. The average molecular weight is 316 g/mol. The van der Waals surface area contributed by atoms with Crippen molar-refractivity contribution in [3.05, 3.63) is 47.3 Å². The van der Waals surface area contributed by atoms with E-state index in [0.717, 1.165) is 5.56 Å². The van der Waals surface area contributed by atoms with Crippen molar-refractivity contribution in [3.63, 3.8) is 0 Å². The molecule has 0 unspecified atom stereocenters. The number of carbonyl (C=O) groups excluding carboxylic acids is 1. The van der Waals surface area contributed by atoms with Crippen LogP contribution in [0.3, 0.4) is 0 Å². The highest BCUT2D eigenvalue weighted by Gasteiger charge is 2.39. The van der Waals surface area contributed by atoms with E-state index in [4.69, 9.17) is 4.74 Å². The van der Waals surface area contributed by atoms with E-state index < -0.39 is 5.60 Å². The number of aromatic nitrogens is 3. The number of methoxy groups -OCH3 is 1. The number of nitrogens with zero attached hydrogens (tertiary/aromatic N) is 3. The summed E-state index contributed by atoms with van der Waals surface area (Å²) in [5, 5.41) is 21.1. The first-order chi connectivity index (χ1) is 11.1. The van der Waals surface area contributed by atoms with Gasteiger partial charge in [0.2, 0.25) is 0 Å². The molecule has 122 valence electrons. The predicted molar refractivity (Wildman–Crippen MR) is 82.6 cm³/mol. The monoisotopic (exact) mass is 316 g/mol. The van der Waals surface area contributed by atoms with Crippen LogP contribution in [-0.4, -0.2) is 51.5 Å². The number of rotatable bonds is 4. The summed E-state index contributed by atoms with van der Waals surface area (Å²) in [6.45, 7) is 1.20. The van der Waals surface area contributed by atoms with Gasteiger partial charge in [0.1, 0.15) is 11.3 Å². The number of hydrogen-bond acceptors (Lipinski definition) is 5. The van der Waals surface area contributed by atoms with Crippen molar-refractivity contribution in [3.8, 4) is 0 Å². The van der Waals surface area contributed by atoms with Gasteiger partial charge in [-0.1, -0.05) is 18.2 Å². The Morgan fingerprint density at radius 2 is 2.30 bits per heavy atom. The molecule has 7 heteroatoms. The maximum Gasteiger partial charge on any atom is 0.254 e. The molecule has 2 N–H and O–H groups in total. The lowest BCUT2D eigenvalue weighted by atomic mass is 9.89. The largest absolute Gasteiger partial charge is 0.382 e. The van der Waals surface area contributed by atoms with Crippen LogP contribution < -0.4 is 0 Å². The minimum Gasteiger partial charge on any atom is -0.382 e. The Balaban J connectivity index is 1.83. The minimum absolute atomic E-state index is 0.0979. The number of carbonyl (C=O) groups is 1. The standard InChI is InChI=1S/C16H20N4O3/c1-23-10-12-5-2-3-6-13(12)15(21)20-8-4-7-16(22,11-20)14-9-17-19-18-14/h2-3,5-6,9,22H,4,7-8,10-11H2,1H3,(H,17,18,19)/t16-/m1/s1. The Morgan fingerprint density at radius 3 is 3.04 bits per heavy atom.